The quantitative estimate of drug-likeness (QED) is 0.630. The molecule has 2 heterocycles. The van der Waals surface area contributed by atoms with Gasteiger partial charge in [0.1, 0.15) is 6.33 Å². The van der Waals surface area contributed by atoms with Crippen molar-refractivity contribution < 1.29 is 0 Å². The molecule has 0 aromatic carbocycles. The average molecular weight is 201 g/mol. The summed E-state index contributed by atoms with van der Waals surface area (Å²) in [5, 5.41) is 3.88. The molecule has 0 fully saturated rings. The van der Waals surface area contributed by atoms with Crippen molar-refractivity contribution in [2.45, 2.75) is 0 Å². The third-order valence-electron chi connectivity index (χ3n) is 1.08. The number of aromatic nitrogens is 4. The normalized spacial score (nSPS) is 9.20. The molecule has 0 unspecified atom stereocenters. The van der Waals surface area contributed by atoms with E-state index in [-0.39, 0.29) is 17.0 Å². The third kappa shape index (κ3) is 0.995. The second kappa shape index (κ2) is 2.74. The Morgan fingerprint density at radius 1 is 1.40 bits per heavy atom. The molecular formula is C5H5BrN4. The first kappa shape index (κ1) is 7.14. The predicted octanol–water partition coefficient (Wildman–Crippen LogP) is 0.702. The van der Waals surface area contributed by atoms with Gasteiger partial charge < -0.3 is 0 Å². The summed E-state index contributed by atoms with van der Waals surface area (Å²) in [5.41, 5.74) is 0.775. The van der Waals surface area contributed by atoms with Gasteiger partial charge in [-0.3, -0.25) is 4.98 Å². The summed E-state index contributed by atoms with van der Waals surface area (Å²) in [5.74, 6) is 0. The van der Waals surface area contributed by atoms with Crippen LogP contribution in [0.3, 0.4) is 0 Å². The van der Waals surface area contributed by atoms with Crippen LogP contribution in [0.1, 0.15) is 0 Å². The van der Waals surface area contributed by atoms with Crippen LogP contribution in [-0.2, 0) is 0 Å². The lowest BCUT2D eigenvalue weighted by Crippen LogP contribution is -1.84. The highest BCUT2D eigenvalue weighted by Crippen LogP contribution is 1.89. The van der Waals surface area contributed by atoms with Gasteiger partial charge in [0.25, 0.3) is 0 Å². The van der Waals surface area contributed by atoms with Crippen molar-refractivity contribution in [3.63, 3.8) is 0 Å². The molecule has 0 N–H and O–H groups in total. The first-order chi connectivity index (χ1) is 4.47. The standard InChI is InChI=1S/C5H4N4.BrH/c1-2-9-5(3-6-1)7-4-8-9;/h1-4H;1H. The fourth-order valence-corrected chi connectivity index (χ4v) is 0.678. The zero-order chi connectivity index (χ0) is 6.10. The van der Waals surface area contributed by atoms with Gasteiger partial charge in [-0.15, -0.1) is 17.0 Å². The summed E-state index contributed by atoms with van der Waals surface area (Å²) in [6, 6.07) is 0. The Morgan fingerprint density at radius 3 is 3.10 bits per heavy atom. The summed E-state index contributed by atoms with van der Waals surface area (Å²) in [4.78, 5) is 7.77. The van der Waals surface area contributed by atoms with Crippen molar-refractivity contribution in [2.75, 3.05) is 0 Å². The van der Waals surface area contributed by atoms with Crippen LogP contribution >= 0.6 is 17.0 Å². The van der Waals surface area contributed by atoms with Gasteiger partial charge >= 0.3 is 0 Å². The minimum absolute atomic E-state index is 0. The SMILES string of the molecule is Br.c1cn2ncnc2cn1. The van der Waals surface area contributed by atoms with Crippen LogP contribution in [0.4, 0.5) is 0 Å². The van der Waals surface area contributed by atoms with E-state index in [0.717, 1.165) is 5.65 Å². The Hall–Kier alpha value is -0.970. The van der Waals surface area contributed by atoms with Crippen LogP contribution in [0.5, 0.6) is 0 Å². The molecule has 5 heteroatoms. The van der Waals surface area contributed by atoms with Gasteiger partial charge in [0.2, 0.25) is 0 Å². The second-order valence-corrected chi connectivity index (χ2v) is 1.64. The highest BCUT2D eigenvalue weighted by Gasteiger charge is 1.88. The smallest absolute Gasteiger partial charge is 0.173 e. The molecule has 0 saturated heterocycles. The molecule has 2 aromatic rings. The van der Waals surface area contributed by atoms with E-state index in [9.17, 15) is 0 Å². The fourth-order valence-electron chi connectivity index (χ4n) is 0.678. The van der Waals surface area contributed by atoms with Crippen LogP contribution in [-0.4, -0.2) is 19.6 Å². The van der Waals surface area contributed by atoms with Crippen molar-refractivity contribution in [1.29, 1.82) is 0 Å². The Balaban J connectivity index is 0.000000500. The van der Waals surface area contributed by atoms with Gasteiger partial charge in [-0.05, 0) is 0 Å². The molecule has 0 atom stereocenters. The van der Waals surface area contributed by atoms with E-state index < -0.39 is 0 Å². The maximum atomic E-state index is 3.91. The van der Waals surface area contributed by atoms with Crippen LogP contribution < -0.4 is 0 Å². The molecule has 0 aliphatic carbocycles. The topological polar surface area (TPSA) is 43.1 Å². The lowest BCUT2D eigenvalue weighted by atomic mass is 10.7. The summed E-state index contributed by atoms with van der Waals surface area (Å²) in [6.07, 6.45) is 6.58. The van der Waals surface area contributed by atoms with Gasteiger partial charge in [-0.1, -0.05) is 0 Å². The highest BCUT2D eigenvalue weighted by molar-refractivity contribution is 8.93. The zero-order valence-corrected chi connectivity index (χ0v) is 6.72. The molecule has 52 valence electrons. The molecule has 0 aliphatic rings. The summed E-state index contributed by atoms with van der Waals surface area (Å²) in [7, 11) is 0. The van der Waals surface area contributed by atoms with E-state index in [1.165, 1.54) is 6.33 Å². The van der Waals surface area contributed by atoms with Gasteiger partial charge in [-0.2, -0.15) is 5.10 Å². The summed E-state index contributed by atoms with van der Waals surface area (Å²) in [6.45, 7) is 0. The molecule has 0 saturated carbocycles. The van der Waals surface area contributed by atoms with Crippen molar-refractivity contribution >= 4 is 22.6 Å². The van der Waals surface area contributed by atoms with Gasteiger partial charge in [0.15, 0.2) is 5.65 Å². The first-order valence-corrected chi connectivity index (χ1v) is 2.56. The molecule has 0 aliphatic heterocycles. The molecule has 2 rings (SSSR count). The predicted molar refractivity (Wildman–Crippen MR) is 41.1 cm³/mol. The van der Waals surface area contributed by atoms with E-state index in [0.29, 0.717) is 0 Å². The highest BCUT2D eigenvalue weighted by atomic mass is 79.9. The number of nitrogens with zero attached hydrogens (tertiary/aromatic N) is 4. The van der Waals surface area contributed by atoms with E-state index in [1.54, 1.807) is 23.1 Å². The molecule has 0 spiro atoms. The van der Waals surface area contributed by atoms with Crippen LogP contribution in [0.15, 0.2) is 24.9 Å². The van der Waals surface area contributed by atoms with Gasteiger partial charge in [0, 0.05) is 12.4 Å². The van der Waals surface area contributed by atoms with Gasteiger partial charge in [-0.25, -0.2) is 9.50 Å². The number of halogens is 1. The molecule has 0 radical (unpaired) electrons. The van der Waals surface area contributed by atoms with E-state index in [1.807, 2.05) is 0 Å². The zero-order valence-electron chi connectivity index (χ0n) is 5.01. The number of fused-ring (bicyclic) bond motifs is 1. The van der Waals surface area contributed by atoms with E-state index in [4.69, 9.17) is 0 Å². The van der Waals surface area contributed by atoms with Crippen molar-refractivity contribution in [1.82, 2.24) is 19.6 Å². The Bertz CT molecular complexity index is 288. The summed E-state index contributed by atoms with van der Waals surface area (Å²) >= 11 is 0. The molecule has 10 heavy (non-hydrogen) atoms. The summed E-state index contributed by atoms with van der Waals surface area (Å²) < 4.78 is 1.66. The lowest BCUT2D eigenvalue weighted by Gasteiger charge is -1.84. The number of hydrogen-bond acceptors (Lipinski definition) is 3. The van der Waals surface area contributed by atoms with Crippen LogP contribution in [0.25, 0.3) is 5.65 Å². The maximum Gasteiger partial charge on any atom is 0.173 e. The third-order valence-corrected chi connectivity index (χ3v) is 1.08. The molecule has 4 nitrogen and oxygen atoms in total. The Kier molecular flexibility index (Phi) is 1.96. The Labute approximate surface area is 67.7 Å². The van der Waals surface area contributed by atoms with E-state index in [2.05, 4.69) is 15.1 Å². The fraction of sp³-hybridized carbons (Fsp3) is 0. The van der Waals surface area contributed by atoms with Crippen molar-refractivity contribution in [3.8, 4) is 0 Å². The van der Waals surface area contributed by atoms with Crippen LogP contribution in [0.2, 0.25) is 0 Å². The lowest BCUT2D eigenvalue weighted by molar-refractivity contribution is 0.946. The van der Waals surface area contributed by atoms with Gasteiger partial charge in [0.05, 0.1) is 6.20 Å². The molecule has 0 bridgehead atoms. The monoisotopic (exact) mass is 200 g/mol. The average Bonchev–Trinajstić information content (AvgIpc) is 2.33. The maximum absolute atomic E-state index is 3.91. The minimum Gasteiger partial charge on any atom is -0.259 e. The second-order valence-electron chi connectivity index (χ2n) is 1.64. The molecule has 2 aromatic heterocycles. The van der Waals surface area contributed by atoms with Crippen LogP contribution in [0, 0.1) is 0 Å². The van der Waals surface area contributed by atoms with Crippen molar-refractivity contribution in [3.05, 3.63) is 24.9 Å². The van der Waals surface area contributed by atoms with E-state index >= 15 is 0 Å². The number of rotatable bonds is 0. The Morgan fingerprint density at radius 2 is 2.30 bits per heavy atom. The molecule has 0 amide bonds. The largest absolute Gasteiger partial charge is 0.259 e. The number of hydrogen-bond donors (Lipinski definition) is 0. The molecular weight excluding hydrogens is 196 g/mol. The van der Waals surface area contributed by atoms with Crippen molar-refractivity contribution in [2.24, 2.45) is 0 Å². The minimum atomic E-state index is 0. The first-order valence-electron chi connectivity index (χ1n) is 2.56.